The molecule has 8 heteroatoms. The minimum atomic E-state index is -0.116. The number of nitrogens with zero attached hydrogens (tertiary/aromatic N) is 3. The summed E-state index contributed by atoms with van der Waals surface area (Å²) in [5, 5.41) is 1.07. The maximum absolute atomic E-state index is 12.6. The van der Waals surface area contributed by atoms with Crippen LogP contribution in [-0.4, -0.2) is 72.8 Å². The van der Waals surface area contributed by atoms with Gasteiger partial charge in [0.2, 0.25) is 11.8 Å². The number of carbonyl (C=O) groups excluding carboxylic acids is 2. The van der Waals surface area contributed by atoms with Gasteiger partial charge in [-0.05, 0) is 42.7 Å². The Morgan fingerprint density at radius 2 is 2.13 bits per heavy atom. The van der Waals surface area contributed by atoms with Crippen molar-refractivity contribution in [2.24, 2.45) is 0 Å². The average molecular weight is 464 g/mol. The number of rotatable bonds is 5. The molecule has 1 aliphatic rings. The summed E-state index contributed by atoms with van der Waals surface area (Å²) in [5.41, 5.74) is 3.76. The molecule has 1 unspecified atom stereocenters. The summed E-state index contributed by atoms with van der Waals surface area (Å²) in [4.78, 5) is 32.3. The second-order valence-corrected chi connectivity index (χ2v) is 7.79. The van der Waals surface area contributed by atoms with E-state index in [1.54, 1.807) is 35.2 Å². The zero-order chi connectivity index (χ0) is 21.3. The van der Waals surface area contributed by atoms with Crippen molar-refractivity contribution in [1.82, 2.24) is 9.88 Å². The van der Waals surface area contributed by atoms with E-state index in [1.807, 2.05) is 37.3 Å². The van der Waals surface area contributed by atoms with E-state index >= 15 is 0 Å². The number of para-hydroxylation sites is 1. The van der Waals surface area contributed by atoms with Crippen molar-refractivity contribution in [2.45, 2.75) is 26.3 Å². The molecule has 0 saturated heterocycles. The Morgan fingerprint density at radius 1 is 1.35 bits per heavy atom. The molecule has 0 N–H and O–H groups in total. The van der Waals surface area contributed by atoms with Gasteiger partial charge in [-0.15, -0.1) is 9.24 Å². The molecule has 158 valence electrons. The van der Waals surface area contributed by atoms with Gasteiger partial charge >= 0.3 is 37.7 Å². The summed E-state index contributed by atoms with van der Waals surface area (Å²) in [6.45, 7) is 2.41. The Balaban J connectivity index is 0.00000181. The standard InChI is InChI=1S/C23H24N3O3P.Ca.2H/c1-15-18-5-3-4-6-19(18)29-20(15)13-25(2)21(27)9-7-16-11-17-8-10-22(28)26(14-30)23(17)24-12-16;;;/h3-7,9,11-12H,8,10,13-14,30H2,1-2H3;;;/q;+2;2*-1. The number of pyridine rings is 1. The molecule has 1 aromatic carbocycles. The van der Waals surface area contributed by atoms with Gasteiger partial charge in [-0.3, -0.25) is 14.5 Å². The predicted octanol–water partition coefficient (Wildman–Crippen LogP) is 3.76. The van der Waals surface area contributed by atoms with Crippen LogP contribution in [0.1, 0.15) is 31.7 Å². The first-order valence-electron chi connectivity index (χ1n) is 9.87. The number of hydrogen-bond donors (Lipinski definition) is 0. The normalized spacial score (nSPS) is 13.4. The molecule has 0 spiro atoms. The van der Waals surface area contributed by atoms with Crippen LogP contribution in [0.15, 0.2) is 47.0 Å². The van der Waals surface area contributed by atoms with E-state index in [0.29, 0.717) is 31.5 Å². The van der Waals surface area contributed by atoms with Crippen molar-refractivity contribution in [1.29, 1.82) is 0 Å². The minimum absolute atomic E-state index is 0. The Labute approximate surface area is 216 Å². The van der Waals surface area contributed by atoms with Gasteiger partial charge in [-0.2, -0.15) is 0 Å². The van der Waals surface area contributed by atoms with Crippen LogP contribution < -0.4 is 4.90 Å². The molecular formula is C23H26CaN3O3P. The summed E-state index contributed by atoms with van der Waals surface area (Å²) < 4.78 is 5.91. The predicted molar refractivity (Wildman–Crippen MR) is 129 cm³/mol. The zero-order valence-corrected chi connectivity index (χ0v) is 21.2. The van der Waals surface area contributed by atoms with Gasteiger partial charge < -0.3 is 12.2 Å². The number of hydrogen-bond acceptors (Lipinski definition) is 4. The second-order valence-electron chi connectivity index (χ2n) is 7.43. The molecule has 0 bridgehead atoms. The smallest absolute Gasteiger partial charge is 1.00 e. The van der Waals surface area contributed by atoms with Crippen molar-refractivity contribution in [3.05, 3.63) is 65.1 Å². The Hall–Kier alpha value is -1.72. The van der Waals surface area contributed by atoms with Gasteiger partial charge in [0.25, 0.3) is 0 Å². The first-order valence-corrected chi connectivity index (χ1v) is 10.7. The van der Waals surface area contributed by atoms with Gasteiger partial charge in [0.05, 0.1) is 6.54 Å². The molecule has 2 amide bonds. The molecule has 3 heterocycles. The second kappa shape index (κ2) is 10.3. The third kappa shape index (κ3) is 5.04. The fourth-order valence-electron chi connectivity index (χ4n) is 3.69. The van der Waals surface area contributed by atoms with Crippen molar-refractivity contribution in [3.8, 4) is 0 Å². The van der Waals surface area contributed by atoms with Crippen molar-refractivity contribution in [2.75, 3.05) is 18.2 Å². The number of benzene rings is 1. The van der Waals surface area contributed by atoms with Gasteiger partial charge in [0, 0.05) is 43.0 Å². The van der Waals surface area contributed by atoms with Crippen LogP contribution in [0.5, 0.6) is 0 Å². The molecule has 0 radical (unpaired) electrons. The van der Waals surface area contributed by atoms with Crippen LogP contribution in [0, 0.1) is 6.92 Å². The van der Waals surface area contributed by atoms with E-state index in [-0.39, 0.29) is 52.4 Å². The van der Waals surface area contributed by atoms with Gasteiger partial charge in [0.15, 0.2) is 0 Å². The van der Waals surface area contributed by atoms with Crippen molar-refractivity contribution >= 4 is 81.7 Å². The third-order valence-corrected chi connectivity index (χ3v) is 5.79. The van der Waals surface area contributed by atoms with Crippen LogP contribution in [0.25, 0.3) is 17.0 Å². The summed E-state index contributed by atoms with van der Waals surface area (Å²) in [6, 6.07) is 9.87. The number of aromatic nitrogens is 1. The molecule has 31 heavy (non-hydrogen) atoms. The maximum Gasteiger partial charge on any atom is 2.00 e. The number of anilines is 1. The molecule has 1 aliphatic heterocycles. The number of carbonyl (C=O) groups is 2. The summed E-state index contributed by atoms with van der Waals surface area (Å²) in [6.07, 6.45) is 6.68. The SMILES string of the molecule is Cc1c(CN(C)C(=O)C=Cc2cnc3c(c2)CCC(=O)N3CP)oc2ccccc12.[Ca+2].[H-].[H-]. The first-order chi connectivity index (χ1) is 14.5. The molecule has 2 aromatic heterocycles. The van der Waals surface area contributed by atoms with Gasteiger partial charge in [-0.1, -0.05) is 18.2 Å². The number of furan rings is 1. The van der Waals surface area contributed by atoms with Gasteiger partial charge in [-0.25, -0.2) is 4.98 Å². The van der Waals surface area contributed by atoms with E-state index in [4.69, 9.17) is 4.42 Å². The number of fused-ring (bicyclic) bond motifs is 2. The summed E-state index contributed by atoms with van der Waals surface area (Å²) >= 11 is 0. The fourth-order valence-corrected chi connectivity index (χ4v) is 4.06. The Bertz CT molecular complexity index is 1170. The summed E-state index contributed by atoms with van der Waals surface area (Å²) in [5.74, 6) is 1.47. The number of likely N-dealkylation sites (N-methyl/N-ethyl adjacent to an activating group) is 1. The zero-order valence-electron chi connectivity index (χ0n) is 19.8. The van der Waals surface area contributed by atoms with Crippen LogP contribution in [0.3, 0.4) is 0 Å². The van der Waals surface area contributed by atoms with Crippen LogP contribution >= 0.6 is 9.24 Å². The van der Waals surface area contributed by atoms with Crippen LogP contribution in [-0.2, 0) is 22.6 Å². The molecular weight excluding hydrogens is 437 g/mol. The van der Waals surface area contributed by atoms with E-state index in [9.17, 15) is 9.59 Å². The molecule has 1 atom stereocenters. The fraction of sp³-hybridized carbons (Fsp3) is 0.261. The van der Waals surface area contributed by atoms with Crippen molar-refractivity contribution in [3.63, 3.8) is 0 Å². The van der Waals surface area contributed by atoms with E-state index < -0.39 is 0 Å². The maximum atomic E-state index is 12.6. The third-order valence-electron chi connectivity index (χ3n) is 5.43. The molecule has 4 rings (SSSR count). The molecule has 6 nitrogen and oxygen atoms in total. The molecule has 0 fully saturated rings. The topological polar surface area (TPSA) is 66.7 Å². The molecule has 0 aliphatic carbocycles. The van der Waals surface area contributed by atoms with E-state index in [2.05, 4.69) is 14.2 Å². The van der Waals surface area contributed by atoms with Crippen LogP contribution in [0.4, 0.5) is 5.82 Å². The van der Waals surface area contributed by atoms with Crippen molar-refractivity contribution < 1.29 is 16.9 Å². The monoisotopic (exact) mass is 463 g/mol. The number of aryl methyl sites for hydroxylation is 2. The van der Waals surface area contributed by atoms with Crippen LogP contribution in [0.2, 0.25) is 0 Å². The quantitative estimate of drug-likeness (QED) is 0.328. The average Bonchev–Trinajstić information content (AvgIpc) is 3.07. The summed E-state index contributed by atoms with van der Waals surface area (Å²) in [7, 11) is 4.32. The van der Waals surface area contributed by atoms with E-state index in [1.165, 1.54) is 0 Å². The molecule has 3 aromatic rings. The van der Waals surface area contributed by atoms with E-state index in [0.717, 1.165) is 33.4 Å². The minimum Gasteiger partial charge on any atom is -1.00 e. The van der Waals surface area contributed by atoms with Gasteiger partial charge in [0.1, 0.15) is 17.2 Å². The number of amides is 2. The Morgan fingerprint density at radius 3 is 2.87 bits per heavy atom. The Kier molecular flexibility index (Phi) is 7.92. The largest absolute Gasteiger partial charge is 2.00 e. The first kappa shape index (κ1) is 23.9. The molecule has 0 saturated carbocycles.